The van der Waals surface area contributed by atoms with Crippen molar-refractivity contribution >= 4 is 27.5 Å². The standard InChI is InChI=1S/C20H23ClN2O4S/c21-18-9-4-5-10-19(18)28(25,26)23-14-12-22(13-15-23)20(24)11-6-16-27-17-7-2-1-3-8-17/h1-5,7-10H,6,11-16H2. The smallest absolute Gasteiger partial charge is 0.244 e. The minimum Gasteiger partial charge on any atom is -0.494 e. The van der Waals surface area contributed by atoms with Gasteiger partial charge in [-0.1, -0.05) is 41.9 Å². The van der Waals surface area contributed by atoms with E-state index in [2.05, 4.69) is 0 Å². The van der Waals surface area contributed by atoms with Crippen LogP contribution in [-0.2, 0) is 14.8 Å². The Hall–Kier alpha value is -2.09. The number of carbonyl (C=O) groups excluding carboxylic acids is 1. The molecule has 8 heteroatoms. The van der Waals surface area contributed by atoms with E-state index in [1.807, 2.05) is 30.3 Å². The second-order valence-electron chi connectivity index (χ2n) is 6.48. The van der Waals surface area contributed by atoms with Crippen LogP contribution in [0.4, 0.5) is 0 Å². The van der Waals surface area contributed by atoms with Crippen LogP contribution in [0.3, 0.4) is 0 Å². The van der Waals surface area contributed by atoms with Gasteiger partial charge in [0.25, 0.3) is 0 Å². The van der Waals surface area contributed by atoms with Crippen molar-refractivity contribution in [3.8, 4) is 5.75 Å². The number of nitrogens with zero attached hydrogens (tertiary/aromatic N) is 2. The number of hydrogen-bond acceptors (Lipinski definition) is 4. The third-order valence-electron chi connectivity index (χ3n) is 4.59. The lowest BCUT2D eigenvalue weighted by Gasteiger charge is -2.34. The maximum absolute atomic E-state index is 12.8. The average molecular weight is 423 g/mol. The zero-order chi connectivity index (χ0) is 20.0. The molecule has 0 aliphatic carbocycles. The van der Waals surface area contributed by atoms with Crippen LogP contribution in [0.5, 0.6) is 5.75 Å². The molecule has 1 fully saturated rings. The number of benzene rings is 2. The first-order valence-corrected chi connectivity index (χ1v) is 11.0. The summed E-state index contributed by atoms with van der Waals surface area (Å²) in [5.74, 6) is 0.805. The molecule has 1 aliphatic rings. The van der Waals surface area contributed by atoms with Crippen LogP contribution in [-0.4, -0.2) is 56.3 Å². The number of ether oxygens (including phenoxy) is 1. The van der Waals surface area contributed by atoms with Gasteiger partial charge in [-0.2, -0.15) is 4.31 Å². The molecule has 0 bridgehead atoms. The molecule has 28 heavy (non-hydrogen) atoms. The molecule has 3 rings (SSSR count). The Morgan fingerprint density at radius 3 is 2.29 bits per heavy atom. The maximum Gasteiger partial charge on any atom is 0.244 e. The maximum atomic E-state index is 12.8. The lowest BCUT2D eigenvalue weighted by atomic mass is 10.2. The Kier molecular flexibility index (Phi) is 6.93. The molecule has 0 spiro atoms. The number of halogens is 1. The molecule has 6 nitrogen and oxygen atoms in total. The molecular formula is C20H23ClN2O4S. The van der Waals surface area contributed by atoms with Gasteiger partial charge in [0.1, 0.15) is 10.6 Å². The van der Waals surface area contributed by atoms with Crippen LogP contribution in [0.25, 0.3) is 0 Å². The summed E-state index contributed by atoms with van der Waals surface area (Å²) in [7, 11) is -3.65. The Balaban J connectivity index is 1.45. The molecule has 1 heterocycles. The zero-order valence-corrected chi connectivity index (χ0v) is 17.0. The van der Waals surface area contributed by atoms with Gasteiger partial charge in [-0.15, -0.1) is 0 Å². The van der Waals surface area contributed by atoms with E-state index in [9.17, 15) is 13.2 Å². The average Bonchev–Trinajstić information content (AvgIpc) is 2.72. The molecule has 1 aliphatic heterocycles. The third kappa shape index (κ3) is 5.04. The van der Waals surface area contributed by atoms with Gasteiger partial charge in [0.15, 0.2) is 0 Å². The largest absolute Gasteiger partial charge is 0.494 e. The van der Waals surface area contributed by atoms with E-state index in [0.29, 0.717) is 32.5 Å². The van der Waals surface area contributed by atoms with Crippen LogP contribution in [0.1, 0.15) is 12.8 Å². The number of sulfonamides is 1. The molecule has 0 unspecified atom stereocenters. The molecule has 150 valence electrons. The van der Waals surface area contributed by atoms with Crippen LogP contribution < -0.4 is 4.74 Å². The van der Waals surface area contributed by atoms with Crippen LogP contribution in [0, 0.1) is 0 Å². The molecule has 2 aromatic carbocycles. The molecular weight excluding hydrogens is 400 g/mol. The SMILES string of the molecule is O=C(CCCOc1ccccc1)N1CCN(S(=O)(=O)c2ccccc2Cl)CC1. The fourth-order valence-electron chi connectivity index (χ4n) is 3.06. The lowest BCUT2D eigenvalue weighted by molar-refractivity contribution is -0.132. The van der Waals surface area contributed by atoms with Crippen molar-refractivity contribution < 1.29 is 17.9 Å². The summed E-state index contributed by atoms with van der Waals surface area (Å²) in [6, 6.07) is 15.9. The first-order chi connectivity index (χ1) is 13.5. The summed E-state index contributed by atoms with van der Waals surface area (Å²) in [5.41, 5.74) is 0. The zero-order valence-electron chi connectivity index (χ0n) is 15.5. The number of para-hydroxylation sites is 1. The second-order valence-corrected chi connectivity index (χ2v) is 8.79. The fraction of sp³-hybridized carbons (Fsp3) is 0.350. The first kappa shape index (κ1) is 20.6. The van der Waals surface area contributed by atoms with Crippen molar-refractivity contribution in [3.63, 3.8) is 0 Å². The highest BCUT2D eigenvalue weighted by Gasteiger charge is 2.31. The van der Waals surface area contributed by atoms with Gasteiger partial charge in [-0.3, -0.25) is 4.79 Å². The summed E-state index contributed by atoms with van der Waals surface area (Å²) in [5, 5.41) is 0.208. The Bertz CT molecular complexity index is 897. The summed E-state index contributed by atoms with van der Waals surface area (Å²) in [4.78, 5) is 14.2. The van der Waals surface area contributed by atoms with Crippen molar-refractivity contribution in [2.45, 2.75) is 17.7 Å². The number of hydrogen-bond donors (Lipinski definition) is 0. The summed E-state index contributed by atoms with van der Waals surface area (Å²) in [6.45, 7) is 1.75. The van der Waals surface area contributed by atoms with E-state index in [4.69, 9.17) is 16.3 Å². The van der Waals surface area contributed by atoms with Gasteiger partial charge < -0.3 is 9.64 Å². The topological polar surface area (TPSA) is 66.9 Å². The fourth-order valence-corrected chi connectivity index (χ4v) is 4.97. The Morgan fingerprint density at radius 1 is 0.964 bits per heavy atom. The van der Waals surface area contributed by atoms with E-state index in [-0.39, 0.29) is 28.9 Å². The van der Waals surface area contributed by atoms with Crippen molar-refractivity contribution in [1.82, 2.24) is 9.21 Å². The van der Waals surface area contributed by atoms with Crippen molar-refractivity contribution in [3.05, 3.63) is 59.6 Å². The highest BCUT2D eigenvalue weighted by atomic mass is 35.5. The number of rotatable bonds is 7. The normalized spacial score (nSPS) is 15.4. The quantitative estimate of drug-likeness (QED) is 0.643. The number of piperazine rings is 1. The molecule has 1 amide bonds. The van der Waals surface area contributed by atoms with Gasteiger partial charge in [0.2, 0.25) is 15.9 Å². The molecule has 0 radical (unpaired) electrons. The predicted molar refractivity (Wildman–Crippen MR) is 108 cm³/mol. The van der Waals surface area contributed by atoms with E-state index in [0.717, 1.165) is 5.75 Å². The van der Waals surface area contributed by atoms with Crippen molar-refractivity contribution in [2.75, 3.05) is 32.8 Å². The van der Waals surface area contributed by atoms with Crippen molar-refractivity contribution in [1.29, 1.82) is 0 Å². The molecule has 1 saturated heterocycles. The monoisotopic (exact) mass is 422 g/mol. The first-order valence-electron chi connectivity index (χ1n) is 9.19. The van der Waals surface area contributed by atoms with Crippen molar-refractivity contribution in [2.24, 2.45) is 0 Å². The highest BCUT2D eigenvalue weighted by molar-refractivity contribution is 7.89. The minimum atomic E-state index is -3.65. The van der Waals surface area contributed by atoms with Gasteiger partial charge in [0, 0.05) is 32.6 Å². The van der Waals surface area contributed by atoms with E-state index in [1.54, 1.807) is 23.1 Å². The van der Waals surface area contributed by atoms with Crippen LogP contribution in [0.2, 0.25) is 5.02 Å². The van der Waals surface area contributed by atoms with Gasteiger partial charge in [-0.05, 0) is 30.7 Å². The summed E-state index contributed by atoms with van der Waals surface area (Å²) in [6.07, 6.45) is 0.996. The molecule has 0 saturated carbocycles. The lowest BCUT2D eigenvalue weighted by Crippen LogP contribution is -2.50. The van der Waals surface area contributed by atoms with E-state index < -0.39 is 10.0 Å². The third-order valence-corrected chi connectivity index (χ3v) is 6.99. The second kappa shape index (κ2) is 9.41. The van der Waals surface area contributed by atoms with Gasteiger partial charge in [0.05, 0.1) is 11.6 Å². The van der Waals surface area contributed by atoms with Crippen LogP contribution in [0.15, 0.2) is 59.5 Å². The Morgan fingerprint density at radius 2 is 1.61 bits per heavy atom. The van der Waals surface area contributed by atoms with Gasteiger partial charge >= 0.3 is 0 Å². The number of amides is 1. The summed E-state index contributed by atoms with van der Waals surface area (Å²) >= 11 is 6.04. The molecule has 0 aromatic heterocycles. The van der Waals surface area contributed by atoms with Gasteiger partial charge in [-0.25, -0.2) is 8.42 Å². The highest BCUT2D eigenvalue weighted by Crippen LogP contribution is 2.25. The molecule has 0 atom stereocenters. The van der Waals surface area contributed by atoms with Crippen LogP contribution >= 0.6 is 11.6 Å². The number of carbonyl (C=O) groups is 1. The minimum absolute atomic E-state index is 0.0199. The predicted octanol–water partition coefficient (Wildman–Crippen LogP) is 3.03. The van der Waals surface area contributed by atoms with E-state index in [1.165, 1.54) is 10.4 Å². The molecule has 0 N–H and O–H groups in total. The van der Waals surface area contributed by atoms with E-state index >= 15 is 0 Å². The molecule has 2 aromatic rings. The Labute approximate surface area is 170 Å². The summed E-state index contributed by atoms with van der Waals surface area (Å²) < 4.78 is 32.5.